The molecule has 98 valence electrons. The van der Waals surface area contributed by atoms with Gasteiger partial charge in [0.1, 0.15) is 5.82 Å². The van der Waals surface area contributed by atoms with Gasteiger partial charge < -0.3 is 11.1 Å². The van der Waals surface area contributed by atoms with Crippen LogP contribution in [0.1, 0.15) is 36.0 Å². The highest BCUT2D eigenvalue weighted by atomic mass is 35.5. The zero-order valence-corrected chi connectivity index (χ0v) is 10.7. The zero-order chi connectivity index (χ0) is 13.1. The molecule has 0 heterocycles. The summed E-state index contributed by atoms with van der Waals surface area (Å²) >= 11 is 5.85. The monoisotopic (exact) mass is 270 g/mol. The van der Waals surface area contributed by atoms with Gasteiger partial charge in [-0.1, -0.05) is 30.5 Å². The summed E-state index contributed by atoms with van der Waals surface area (Å²) in [5.74, 6) is -1.09. The SMILES string of the molecule is N[C@@H]1CCCC[C@H]1NC(=O)c1c(F)cccc1Cl. The lowest BCUT2D eigenvalue weighted by Gasteiger charge is -2.29. The predicted octanol–water partition coefficient (Wildman–Crippen LogP) is 2.48. The zero-order valence-electron chi connectivity index (χ0n) is 9.96. The van der Waals surface area contributed by atoms with Gasteiger partial charge in [-0.2, -0.15) is 0 Å². The van der Waals surface area contributed by atoms with E-state index < -0.39 is 11.7 Å². The average molecular weight is 271 g/mol. The Hall–Kier alpha value is -1.13. The normalized spacial score (nSPS) is 23.7. The summed E-state index contributed by atoms with van der Waals surface area (Å²) in [5, 5.41) is 2.90. The van der Waals surface area contributed by atoms with Gasteiger partial charge in [-0.25, -0.2) is 4.39 Å². The number of amides is 1. The lowest BCUT2D eigenvalue weighted by molar-refractivity contribution is 0.0917. The van der Waals surface area contributed by atoms with Crippen LogP contribution in [0.25, 0.3) is 0 Å². The Labute approximate surface area is 111 Å². The van der Waals surface area contributed by atoms with Crippen molar-refractivity contribution in [3.8, 4) is 0 Å². The lowest BCUT2D eigenvalue weighted by Crippen LogP contribution is -2.49. The van der Waals surface area contributed by atoms with E-state index >= 15 is 0 Å². The van der Waals surface area contributed by atoms with Crippen LogP contribution < -0.4 is 11.1 Å². The molecule has 2 atom stereocenters. The number of carbonyl (C=O) groups is 1. The maximum absolute atomic E-state index is 13.6. The standard InChI is InChI=1S/C13H16ClFN2O/c14-8-4-3-5-9(15)12(8)13(18)17-11-7-2-1-6-10(11)16/h3-5,10-11H,1-2,6-7,16H2,(H,17,18)/t10-,11-/m1/s1. The van der Waals surface area contributed by atoms with E-state index in [9.17, 15) is 9.18 Å². The Morgan fingerprint density at radius 1 is 1.39 bits per heavy atom. The van der Waals surface area contributed by atoms with Crippen LogP contribution in [-0.4, -0.2) is 18.0 Å². The van der Waals surface area contributed by atoms with E-state index in [1.165, 1.54) is 18.2 Å². The fourth-order valence-corrected chi connectivity index (χ4v) is 2.54. The summed E-state index contributed by atoms with van der Waals surface area (Å²) in [6.45, 7) is 0. The van der Waals surface area contributed by atoms with E-state index in [-0.39, 0.29) is 22.7 Å². The number of hydrogen-bond acceptors (Lipinski definition) is 2. The molecule has 1 aromatic rings. The van der Waals surface area contributed by atoms with Crippen molar-refractivity contribution in [1.29, 1.82) is 0 Å². The summed E-state index contributed by atoms with van der Waals surface area (Å²) in [6.07, 6.45) is 3.83. The van der Waals surface area contributed by atoms with E-state index in [1.807, 2.05) is 0 Å². The number of benzene rings is 1. The van der Waals surface area contributed by atoms with Gasteiger partial charge in [0.15, 0.2) is 0 Å². The van der Waals surface area contributed by atoms with Crippen LogP contribution in [0.3, 0.4) is 0 Å². The van der Waals surface area contributed by atoms with Crippen molar-refractivity contribution in [1.82, 2.24) is 5.32 Å². The predicted molar refractivity (Wildman–Crippen MR) is 69.1 cm³/mol. The largest absolute Gasteiger partial charge is 0.348 e. The highest BCUT2D eigenvalue weighted by Gasteiger charge is 2.25. The Kier molecular flexibility index (Phi) is 4.19. The molecule has 3 N–H and O–H groups in total. The first kappa shape index (κ1) is 13.3. The van der Waals surface area contributed by atoms with Crippen molar-refractivity contribution in [2.75, 3.05) is 0 Å². The quantitative estimate of drug-likeness (QED) is 0.867. The minimum absolute atomic E-state index is 0.0618. The Morgan fingerprint density at radius 3 is 2.78 bits per heavy atom. The van der Waals surface area contributed by atoms with Gasteiger partial charge in [-0.3, -0.25) is 4.79 Å². The fourth-order valence-electron chi connectivity index (χ4n) is 2.29. The van der Waals surface area contributed by atoms with Crippen molar-refractivity contribution in [3.63, 3.8) is 0 Å². The molecule has 1 aliphatic rings. The highest BCUT2D eigenvalue weighted by Crippen LogP contribution is 2.21. The molecule has 0 spiro atoms. The van der Waals surface area contributed by atoms with E-state index in [4.69, 9.17) is 17.3 Å². The second kappa shape index (κ2) is 5.67. The Morgan fingerprint density at radius 2 is 2.11 bits per heavy atom. The Bertz CT molecular complexity index is 432. The molecule has 0 saturated heterocycles. The van der Waals surface area contributed by atoms with E-state index in [0.717, 1.165) is 25.7 Å². The molecular formula is C13H16ClFN2O. The highest BCUT2D eigenvalue weighted by molar-refractivity contribution is 6.33. The minimum Gasteiger partial charge on any atom is -0.348 e. The number of nitrogens with one attached hydrogen (secondary N) is 1. The Balaban J connectivity index is 2.12. The van der Waals surface area contributed by atoms with Gasteiger partial charge in [-0.15, -0.1) is 0 Å². The summed E-state index contributed by atoms with van der Waals surface area (Å²) < 4.78 is 13.6. The number of nitrogens with two attached hydrogens (primary N) is 1. The molecule has 0 bridgehead atoms. The third-order valence-electron chi connectivity index (χ3n) is 3.33. The summed E-state index contributed by atoms with van der Waals surface area (Å²) in [5.41, 5.74) is 5.84. The number of rotatable bonds is 2. The molecule has 0 radical (unpaired) electrons. The molecule has 1 saturated carbocycles. The second-order valence-electron chi connectivity index (χ2n) is 4.62. The van der Waals surface area contributed by atoms with E-state index in [0.29, 0.717) is 0 Å². The van der Waals surface area contributed by atoms with Gasteiger partial charge >= 0.3 is 0 Å². The summed E-state index contributed by atoms with van der Waals surface area (Å²) in [7, 11) is 0. The summed E-state index contributed by atoms with van der Waals surface area (Å²) in [4.78, 5) is 12.0. The van der Waals surface area contributed by atoms with Crippen molar-refractivity contribution in [2.45, 2.75) is 37.8 Å². The molecule has 1 aliphatic carbocycles. The molecule has 5 heteroatoms. The number of hydrogen-bond donors (Lipinski definition) is 2. The first-order chi connectivity index (χ1) is 8.59. The molecule has 0 aliphatic heterocycles. The first-order valence-corrected chi connectivity index (χ1v) is 6.48. The second-order valence-corrected chi connectivity index (χ2v) is 5.03. The van der Waals surface area contributed by atoms with Crippen LogP contribution in [0, 0.1) is 5.82 Å². The summed E-state index contributed by atoms with van der Waals surface area (Å²) in [6, 6.07) is 4.04. The number of halogens is 2. The molecule has 1 fully saturated rings. The smallest absolute Gasteiger partial charge is 0.256 e. The van der Waals surface area contributed by atoms with Crippen LogP contribution in [-0.2, 0) is 0 Å². The van der Waals surface area contributed by atoms with Crippen molar-refractivity contribution in [3.05, 3.63) is 34.6 Å². The van der Waals surface area contributed by atoms with Gasteiger partial charge in [0, 0.05) is 12.1 Å². The van der Waals surface area contributed by atoms with Gasteiger partial charge in [0.05, 0.1) is 10.6 Å². The van der Waals surface area contributed by atoms with Crippen LogP contribution in [0.5, 0.6) is 0 Å². The molecule has 3 nitrogen and oxygen atoms in total. The molecule has 1 aromatic carbocycles. The molecule has 1 amide bonds. The molecule has 2 rings (SSSR count). The maximum Gasteiger partial charge on any atom is 0.256 e. The van der Waals surface area contributed by atoms with Crippen molar-refractivity contribution < 1.29 is 9.18 Å². The fraction of sp³-hybridized carbons (Fsp3) is 0.462. The van der Waals surface area contributed by atoms with Crippen LogP contribution in [0.4, 0.5) is 4.39 Å². The number of carbonyl (C=O) groups excluding carboxylic acids is 1. The average Bonchev–Trinajstić information content (AvgIpc) is 2.32. The third-order valence-corrected chi connectivity index (χ3v) is 3.64. The van der Waals surface area contributed by atoms with E-state index in [1.54, 1.807) is 0 Å². The van der Waals surface area contributed by atoms with Crippen LogP contribution >= 0.6 is 11.6 Å². The van der Waals surface area contributed by atoms with Crippen molar-refractivity contribution >= 4 is 17.5 Å². The first-order valence-electron chi connectivity index (χ1n) is 6.10. The molecule has 18 heavy (non-hydrogen) atoms. The lowest BCUT2D eigenvalue weighted by atomic mass is 9.91. The van der Waals surface area contributed by atoms with Gasteiger partial charge in [0.25, 0.3) is 5.91 Å². The van der Waals surface area contributed by atoms with Gasteiger partial charge in [0.2, 0.25) is 0 Å². The van der Waals surface area contributed by atoms with Crippen LogP contribution in [0.15, 0.2) is 18.2 Å². The van der Waals surface area contributed by atoms with E-state index in [2.05, 4.69) is 5.32 Å². The van der Waals surface area contributed by atoms with Gasteiger partial charge in [-0.05, 0) is 25.0 Å². The maximum atomic E-state index is 13.6. The third kappa shape index (κ3) is 2.82. The molecule has 0 unspecified atom stereocenters. The minimum atomic E-state index is -0.607. The molecule has 0 aromatic heterocycles. The topological polar surface area (TPSA) is 55.1 Å². The van der Waals surface area contributed by atoms with Crippen molar-refractivity contribution in [2.24, 2.45) is 5.73 Å². The van der Waals surface area contributed by atoms with Crippen LogP contribution in [0.2, 0.25) is 5.02 Å². The molecular weight excluding hydrogens is 255 g/mol.